The predicted octanol–water partition coefficient (Wildman–Crippen LogP) is 3.10. The third-order valence-electron chi connectivity index (χ3n) is 4.05. The summed E-state index contributed by atoms with van der Waals surface area (Å²) in [6.07, 6.45) is 0. The summed E-state index contributed by atoms with van der Waals surface area (Å²) >= 11 is 6.19. The number of anilines is 1. The van der Waals surface area contributed by atoms with Crippen molar-refractivity contribution >= 4 is 29.0 Å². The lowest BCUT2D eigenvalue weighted by Gasteiger charge is -2.20. The smallest absolute Gasteiger partial charge is 0.299 e. The van der Waals surface area contributed by atoms with Gasteiger partial charge in [-0.2, -0.15) is 0 Å². The van der Waals surface area contributed by atoms with Crippen LogP contribution in [0.15, 0.2) is 30.3 Å². The number of carbonyl (C=O) groups excluding carboxylic acids is 2. The highest BCUT2D eigenvalue weighted by atomic mass is 35.5. The topological polar surface area (TPSA) is 65.1 Å². The monoisotopic (exact) mass is 361 g/mol. The first-order chi connectivity index (χ1) is 12.0. The van der Waals surface area contributed by atoms with E-state index >= 15 is 0 Å². The molecule has 2 aromatic carbocycles. The maximum Gasteiger partial charge on any atom is 0.299 e. The average molecular weight is 362 g/mol. The molecule has 0 aliphatic carbocycles. The third-order valence-corrected chi connectivity index (χ3v) is 4.42. The van der Waals surface area contributed by atoms with Gasteiger partial charge in [-0.25, -0.2) is 0 Å². The second-order valence-corrected chi connectivity index (χ2v) is 5.76. The zero-order chi connectivity index (χ0) is 18.1. The van der Waals surface area contributed by atoms with Crippen LogP contribution in [0.1, 0.15) is 15.9 Å². The number of fused-ring (bicyclic) bond motifs is 1. The zero-order valence-corrected chi connectivity index (χ0v) is 14.7. The molecule has 130 valence electrons. The Bertz CT molecular complexity index is 865. The Morgan fingerprint density at radius 1 is 1.00 bits per heavy atom. The Hall–Kier alpha value is -2.73. The highest BCUT2D eigenvalue weighted by Crippen LogP contribution is 2.48. The number of ketones is 1. The van der Waals surface area contributed by atoms with E-state index in [9.17, 15) is 9.59 Å². The maximum absolute atomic E-state index is 12.5. The minimum absolute atomic E-state index is 0.163. The van der Waals surface area contributed by atoms with Crippen LogP contribution in [-0.4, -0.2) is 33.0 Å². The van der Waals surface area contributed by atoms with Gasteiger partial charge < -0.3 is 14.2 Å². The van der Waals surface area contributed by atoms with Crippen molar-refractivity contribution in [3.05, 3.63) is 46.5 Å². The molecule has 6 nitrogen and oxygen atoms in total. The van der Waals surface area contributed by atoms with Crippen LogP contribution in [0, 0.1) is 0 Å². The third kappa shape index (κ3) is 2.68. The normalized spacial score (nSPS) is 13.0. The van der Waals surface area contributed by atoms with E-state index < -0.39 is 11.7 Å². The molecule has 0 aromatic heterocycles. The van der Waals surface area contributed by atoms with Crippen LogP contribution in [0.2, 0.25) is 5.02 Å². The molecular formula is C18H16ClNO5. The van der Waals surface area contributed by atoms with Gasteiger partial charge in [0.2, 0.25) is 5.75 Å². The van der Waals surface area contributed by atoms with Crippen LogP contribution in [0.3, 0.4) is 0 Å². The van der Waals surface area contributed by atoms with Crippen LogP contribution < -0.4 is 19.1 Å². The number of hydrogen-bond donors (Lipinski definition) is 0. The molecule has 1 aliphatic heterocycles. The van der Waals surface area contributed by atoms with Gasteiger partial charge in [0.05, 0.1) is 39.1 Å². The molecule has 2 aromatic rings. The van der Waals surface area contributed by atoms with Gasteiger partial charge in [0, 0.05) is 11.1 Å². The number of Topliss-reactive ketones (excluding diaryl/α,β-unsaturated/α-hetero) is 1. The number of hydrogen-bond acceptors (Lipinski definition) is 5. The number of ether oxygens (including phenoxy) is 3. The van der Waals surface area contributed by atoms with Crippen molar-refractivity contribution in [2.24, 2.45) is 0 Å². The Morgan fingerprint density at radius 3 is 2.28 bits per heavy atom. The molecule has 3 rings (SSSR count). The first-order valence-electron chi connectivity index (χ1n) is 7.46. The molecule has 1 heterocycles. The van der Waals surface area contributed by atoms with Crippen LogP contribution in [0.5, 0.6) is 17.2 Å². The van der Waals surface area contributed by atoms with E-state index in [0.717, 1.165) is 5.56 Å². The van der Waals surface area contributed by atoms with E-state index in [1.807, 2.05) is 6.07 Å². The summed E-state index contributed by atoms with van der Waals surface area (Å²) in [6, 6.07) is 8.75. The minimum atomic E-state index is -0.653. The fraction of sp³-hybridized carbons (Fsp3) is 0.222. The molecule has 0 spiro atoms. The van der Waals surface area contributed by atoms with E-state index in [2.05, 4.69) is 0 Å². The first-order valence-corrected chi connectivity index (χ1v) is 7.83. The number of amides is 1. The fourth-order valence-electron chi connectivity index (χ4n) is 2.87. The first kappa shape index (κ1) is 17.1. The highest BCUT2D eigenvalue weighted by Gasteiger charge is 2.41. The van der Waals surface area contributed by atoms with E-state index in [4.69, 9.17) is 25.8 Å². The number of benzene rings is 2. The van der Waals surface area contributed by atoms with Gasteiger partial charge in [-0.15, -0.1) is 0 Å². The van der Waals surface area contributed by atoms with Gasteiger partial charge in [0.1, 0.15) is 0 Å². The summed E-state index contributed by atoms with van der Waals surface area (Å²) in [4.78, 5) is 26.4. The lowest BCUT2D eigenvalue weighted by Crippen LogP contribution is -2.29. The Balaban J connectivity index is 2.16. The molecule has 0 fully saturated rings. The van der Waals surface area contributed by atoms with Crippen molar-refractivity contribution in [3.8, 4) is 17.2 Å². The Labute approximate surface area is 149 Å². The van der Waals surface area contributed by atoms with Gasteiger partial charge >= 0.3 is 0 Å². The van der Waals surface area contributed by atoms with Gasteiger partial charge in [-0.1, -0.05) is 29.8 Å². The molecule has 25 heavy (non-hydrogen) atoms. The van der Waals surface area contributed by atoms with Crippen molar-refractivity contribution in [1.29, 1.82) is 0 Å². The predicted molar refractivity (Wildman–Crippen MR) is 93.1 cm³/mol. The van der Waals surface area contributed by atoms with Crippen molar-refractivity contribution in [2.45, 2.75) is 6.54 Å². The van der Waals surface area contributed by atoms with Gasteiger partial charge in [-0.3, -0.25) is 14.5 Å². The molecule has 1 aliphatic rings. The SMILES string of the molecule is COc1cc2c(c(OC)c1OC)C(=O)C(=O)N2Cc1ccccc1Cl. The quantitative estimate of drug-likeness (QED) is 0.766. The Kier molecular flexibility index (Phi) is 4.55. The molecular weight excluding hydrogens is 346 g/mol. The Morgan fingerprint density at radius 2 is 1.68 bits per heavy atom. The van der Waals surface area contributed by atoms with Gasteiger partial charge in [-0.05, 0) is 11.6 Å². The van der Waals surface area contributed by atoms with Crippen LogP contribution in [0.25, 0.3) is 0 Å². The van der Waals surface area contributed by atoms with Crippen LogP contribution >= 0.6 is 11.6 Å². The van der Waals surface area contributed by atoms with Gasteiger partial charge in [0.25, 0.3) is 11.7 Å². The molecule has 0 radical (unpaired) electrons. The average Bonchev–Trinajstić information content (AvgIpc) is 2.86. The number of halogens is 1. The number of carbonyl (C=O) groups is 2. The lowest BCUT2D eigenvalue weighted by molar-refractivity contribution is -0.114. The molecule has 1 amide bonds. The summed E-state index contributed by atoms with van der Waals surface area (Å²) in [5.74, 6) is -0.491. The van der Waals surface area contributed by atoms with Crippen molar-refractivity contribution in [2.75, 3.05) is 26.2 Å². The second-order valence-electron chi connectivity index (χ2n) is 5.35. The summed E-state index contributed by atoms with van der Waals surface area (Å²) < 4.78 is 15.9. The van der Waals surface area contributed by atoms with E-state index in [1.165, 1.54) is 26.2 Å². The zero-order valence-electron chi connectivity index (χ0n) is 14.0. The van der Waals surface area contributed by atoms with E-state index in [-0.39, 0.29) is 23.6 Å². The largest absolute Gasteiger partial charge is 0.493 e. The standard InChI is InChI=1S/C18H16ClNO5/c1-23-13-8-12-14(17(25-3)16(13)24-2)15(21)18(22)20(12)9-10-6-4-5-7-11(10)19/h4-8H,9H2,1-3H3. The molecule has 0 saturated heterocycles. The van der Waals surface area contributed by atoms with Crippen LogP contribution in [-0.2, 0) is 11.3 Å². The summed E-state index contributed by atoms with van der Waals surface area (Å²) in [7, 11) is 4.32. The number of rotatable bonds is 5. The van der Waals surface area contributed by atoms with E-state index in [0.29, 0.717) is 16.5 Å². The van der Waals surface area contributed by atoms with Gasteiger partial charge in [0.15, 0.2) is 11.5 Å². The summed E-state index contributed by atoms with van der Waals surface area (Å²) in [5.41, 5.74) is 1.30. The molecule has 0 saturated carbocycles. The molecule has 0 N–H and O–H groups in total. The fourth-order valence-corrected chi connectivity index (χ4v) is 3.06. The second kappa shape index (κ2) is 6.64. The maximum atomic E-state index is 12.5. The number of methoxy groups -OCH3 is 3. The molecule has 7 heteroatoms. The molecule has 0 atom stereocenters. The lowest BCUT2D eigenvalue weighted by atomic mass is 10.1. The molecule has 0 unspecified atom stereocenters. The van der Waals surface area contributed by atoms with E-state index in [1.54, 1.807) is 24.3 Å². The highest BCUT2D eigenvalue weighted by molar-refractivity contribution is 6.53. The summed E-state index contributed by atoms with van der Waals surface area (Å²) in [5, 5.41) is 0.517. The molecule has 0 bridgehead atoms. The van der Waals surface area contributed by atoms with Crippen LogP contribution in [0.4, 0.5) is 5.69 Å². The minimum Gasteiger partial charge on any atom is -0.493 e. The van der Waals surface area contributed by atoms with Crippen molar-refractivity contribution < 1.29 is 23.8 Å². The van der Waals surface area contributed by atoms with Crippen molar-refractivity contribution in [3.63, 3.8) is 0 Å². The van der Waals surface area contributed by atoms with Crippen molar-refractivity contribution in [1.82, 2.24) is 0 Å². The summed E-state index contributed by atoms with van der Waals surface area (Å²) in [6.45, 7) is 0.163. The number of nitrogens with zero attached hydrogens (tertiary/aromatic N) is 1.